The van der Waals surface area contributed by atoms with E-state index in [4.69, 9.17) is 17.3 Å². The molecular formula is C16H15ClN2. The summed E-state index contributed by atoms with van der Waals surface area (Å²) in [7, 11) is 0. The number of anilines is 1. The van der Waals surface area contributed by atoms with E-state index >= 15 is 0 Å². The van der Waals surface area contributed by atoms with E-state index in [2.05, 4.69) is 6.07 Å². The van der Waals surface area contributed by atoms with Crippen LogP contribution < -0.4 is 5.73 Å². The van der Waals surface area contributed by atoms with Crippen molar-refractivity contribution in [2.45, 2.75) is 19.8 Å². The molecule has 0 bridgehead atoms. The number of nitrogens with two attached hydrogens (primary N) is 1. The summed E-state index contributed by atoms with van der Waals surface area (Å²) in [6.07, 6.45) is 0. The van der Waals surface area contributed by atoms with Crippen molar-refractivity contribution in [3.8, 4) is 6.07 Å². The number of hydrogen-bond donors (Lipinski definition) is 1. The van der Waals surface area contributed by atoms with E-state index in [0.29, 0.717) is 10.7 Å². The summed E-state index contributed by atoms with van der Waals surface area (Å²) < 4.78 is 0. The molecule has 0 amide bonds. The van der Waals surface area contributed by atoms with Gasteiger partial charge < -0.3 is 5.73 Å². The van der Waals surface area contributed by atoms with Crippen LogP contribution in [0.1, 0.15) is 28.2 Å². The summed E-state index contributed by atoms with van der Waals surface area (Å²) in [5.74, 6) is -0.368. The summed E-state index contributed by atoms with van der Waals surface area (Å²) in [6, 6.07) is 13.8. The van der Waals surface area contributed by atoms with Gasteiger partial charge in [-0.05, 0) is 36.6 Å². The molecule has 2 aromatic carbocycles. The van der Waals surface area contributed by atoms with Gasteiger partial charge in [-0.25, -0.2) is 0 Å². The van der Waals surface area contributed by atoms with Crippen molar-refractivity contribution in [3.63, 3.8) is 0 Å². The van der Waals surface area contributed by atoms with Gasteiger partial charge in [0.1, 0.15) is 0 Å². The minimum absolute atomic E-state index is 0.368. The number of rotatable bonds is 2. The minimum atomic E-state index is -0.368. The number of nitrogen functional groups attached to an aromatic ring is 1. The van der Waals surface area contributed by atoms with Crippen LogP contribution in [-0.4, -0.2) is 0 Å². The van der Waals surface area contributed by atoms with Crippen LogP contribution in [0.3, 0.4) is 0 Å². The van der Waals surface area contributed by atoms with E-state index in [1.54, 1.807) is 6.07 Å². The lowest BCUT2D eigenvalue weighted by Gasteiger charge is -2.14. The van der Waals surface area contributed by atoms with Gasteiger partial charge in [0.2, 0.25) is 0 Å². The first kappa shape index (κ1) is 13.5. The molecule has 3 heteroatoms. The molecule has 1 atom stereocenters. The normalized spacial score (nSPS) is 11.9. The van der Waals surface area contributed by atoms with Gasteiger partial charge in [0, 0.05) is 10.7 Å². The number of nitrogens with zero attached hydrogens (tertiary/aromatic N) is 1. The fourth-order valence-electron chi connectivity index (χ4n) is 2.02. The van der Waals surface area contributed by atoms with Gasteiger partial charge in [-0.15, -0.1) is 0 Å². The fraction of sp³-hybridized carbons (Fsp3) is 0.188. The van der Waals surface area contributed by atoms with Crippen molar-refractivity contribution in [3.05, 3.63) is 63.7 Å². The van der Waals surface area contributed by atoms with Crippen LogP contribution in [0.4, 0.5) is 5.69 Å². The van der Waals surface area contributed by atoms with Crippen LogP contribution in [0.15, 0.2) is 36.4 Å². The number of nitriles is 1. The molecule has 2 rings (SSSR count). The van der Waals surface area contributed by atoms with Crippen LogP contribution in [0.5, 0.6) is 0 Å². The molecule has 0 aliphatic rings. The molecule has 0 saturated carbocycles. The number of aryl methyl sites for hydroxylation is 2. The monoisotopic (exact) mass is 270 g/mol. The molecule has 0 heterocycles. The second kappa shape index (κ2) is 5.34. The minimum Gasteiger partial charge on any atom is -0.398 e. The first-order valence-electron chi connectivity index (χ1n) is 6.04. The van der Waals surface area contributed by atoms with Gasteiger partial charge in [0.25, 0.3) is 0 Å². The number of hydrogen-bond acceptors (Lipinski definition) is 2. The zero-order valence-electron chi connectivity index (χ0n) is 10.9. The number of halogens is 1. The van der Waals surface area contributed by atoms with E-state index in [1.807, 2.05) is 44.2 Å². The van der Waals surface area contributed by atoms with Crippen LogP contribution in [0, 0.1) is 25.2 Å². The highest BCUT2D eigenvalue weighted by molar-refractivity contribution is 6.31. The van der Waals surface area contributed by atoms with Gasteiger partial charge >= 0.3 is 0 Å². The molecule has 0 aliphatic heterocycles. The molecule has 2 nitrogen and oxygen atoms in total. The van der Waals surface area contributed by atoms with Gasteiger partial charge in [-0.1, -0.05) is 47.5 Å². The first-order chi connectivity index (χ1) is 9.02. The van der Waals surface area contributed by atoms with E-state index in [0.717, 1.165) is 16.7 Å². The summed E-state index contributed by atoms with van der Waals surface area (Å²) in [5, 5.41) is 9.98. The molecule has 0 spiro atoms. The van der Waals surface area contributed by atoms with Crippen molar-refractivity contribution < 1.29 is 0 Å². The van der Waals surface area contributed by atoms with Crippen LogP contribution >= 0.6 is 11.6 Å². The Hall–Kier alpha value is -1.98. The van der Waals surface area contributed by atoms with Gasteiger partial charge in [-0.3, -0.25) is 0 Å². The molecule has 19 heavy (non-hydrogen) atoms. The van der Waals surface area contributed by atoms with Crippen molar-refractivity contribution in [2.75, 3.05) is 5.73 Å². The summed E-state index contributed by atoms with van der Waals surface area (Å²) >= 11 is 6.23. The quantitative estimate of drug-likeness (QED) is 0.832. The average molecular weight is 271 g/mol. The Morgan fingerprint density at radius 2 is 1.79 bits per heavy atom. The molecule has 2 aromatic rings. The van der Waals surface area contributed by atoms with E-state index in [1.165, 1.54) is 5.56 Å². The lowest BCUT2D eigenvalue weighted by Crippen LogP contribution is -2.01. The molecular weight excluding hydrogens is 256 g/mol. The van der Waals surface area contributed by atoms with Crippen molar-refractivity contribution >= 4 is 17.3 Å². The molecule has 0 aliphatic carbocycles. The Morgan fingerprint density at radius 3 is 2.37 bits per heavy atom. The van der Waals surface area contributed by atoms with Crippen molar-refractivity contribution in [2.24, 2.45) is 0 Å². The van der Waals surface area contributed by atoms with Gasteiger partial charge in [0.05, 0.1) is 12.0 Å². The van der Waals surface area contributed by atoms with Gasteiger partial charge in [-0.2, -0.15) is 5.26 Å². The molecule has 0 aromatic heterocycles. The van der Waals surface area contributed by atoms with Crippen LogP contribution in [0.25, 0.3) is 0 Å². The highest BCUT2D eigenvalue weighted by Crippen LogP contribution is 2.32. The summed E-state index contributed by atoms with van der Waals surface area (Å²) in [4.78, 5) is 0. The second-order valence-electron chi connectivity index (χ2n) is 4.70. The third-order valence-corrected chi connectivity index (χ3v) is 3.56. The topological polar surface area (TPSA) is 49.8 Å². The smallest absolute Gasteiger partial charge is 0.0977 e. The third kappa shape index (κ3) is 2.72. The van der Waals surface area contributed by atoms with E-state index < -0.39 is 0 Å². The first-order valence-corrected chi connectivity index (χ1v) is 6.42. The maximum Gasteiger partial charge on any atom is 0.0977 e. The van der Waals surface area contributed by atoms with E-state index in [-0.39, 0.29) is 5.92 Å². The Balaban J connectivity index is 2.52. The second-order valence-corrected chi connectivity index (χ2v) is 5.11. The summed E-state index contributed by atoms with van der Waals surface area (Å²) in [6.45, 7) is 3.93. The Morgan fingerprint density at radius 1 is 1.16 bits per heavy atom. The SMILES string of the molecule is Cc1ccc(C(C#N)c2cc(C)c(N)cc2Cl)cc1. The van der Waals surface area contributed by atoms with Crippen molar-refractivity contribution in [1.29, 1.82) is 5.26 Å². The largest absolute Gasteiger partial charge is 0.398 e. The third-order valence-electron chi connectivity index (χ3n) is 3.24. The van der Waals surface area contributed by atoms with E-state index in [9.17, 15) is 5.26 Å². The molecule has 2 N–H and O–H groups in total. The zero-order valence-corrected chi connectivity index (χ0v) is 11.7. The molecule has 1 unspecified atom stereocenters. The Bertz CT molecular complexity index is 639. The predicted octanol–water partition coefficient (Wildman–Crippen LogP) is 4.19. The van der Waals surface area contributed by atoms with Crippen LogP contribution in [0.2, 0.25) is 5.02 Å². The summed E-state index contributed by atoms with van der Waals surface area (Å²) in [5.41, 5.74) is 10.3. The molecule has 0 saturated heterocycles. The Kier molecular flexibility index (Phi) is 3.78. The molecule has 0 fully saturated rings. The van der Waals surface area contributed by atoms with Gasteiger partial charge in [0.15, 0.2) is 0 Å². The molecule has 96 valence electrons. The lowest BCUT2D eigenvalue weighted by atomic mass is 9.91. The lowest BCUT2D eigenvalue weighted by molar-refractivity contribution is 1.03. The average Bonchev–Trinajstić information content (AvgIpc) is 2.38. The number of benzene rings is 2. The Labute approximate surface area is 118 Å². The fourth-order valence-corrected chi connectivity index (χ4v) is 2.30. The highest BCUT2D eigenvalue weighted by atomic mass is 35.5. The standard InChI is InChI=1S/C16H15ClN2/c1-10-3-5-12(6-4-10)14(9-18)13-7-11(2)16(19)8-15(13)17/h3-8,14H,19H2,1-2H3. The van der Waals surface area contributed by atoms with Crippen LogP contribution in [-0.2, 0) is 0 Å². The highest BCUT2D eigenvalue weighted by Gasteiger charge is 2.17. The van der Waals surface area contributed by atoms with Crippen molar-refractivity contribution in [1.82, 2.24) is 0 Å². The maximum atomic E-state index is 9.45. The zero-order chi connectivity index (χ0) is 14.0. The predicted molar refractivity (Wildman–Crippen MR) is 79.2 cm³/mol. The molecule has 0 radical (unpaired) electrons. The maximum absolute atomic E-state index is 9.45.